The van der Waals surface area contributed by atoms with Crippen LogP contribution in [0.15, 0.2) is 0 Å². The summed E-state index contributed by atoms with van der Waals surface area (Å²) in [5, 5.41) is 0. The topological polar surface area (TPSA) is 80.5 Å². The summed E-state index contributed by atoms with van der Waals surface area (Å²) in [6, 6.07) is 0. The van der Waals surface area contributed by atoms with Crippen molar-refractivity contribution >= 4 is 17.6 Å². The minimum atomic E-state index is -0.692. The summed E-state index contributed by atoms with van der Waals surface area (Å²) in [6.45, 7) is 4.80. The first-order valence-electron chi connectivity index (χ1n) is 4.59. The lowest BCUT2D eigenvalue weighted by Crippen LogP contribution is -2.32. The summed E-state index contributed by atoms with van der Waals surface area (Å²) in [5.74, 6) is -1.36. The fourth-order valence-corrected chi connectivity index (χ4v) is 1.11. The molecule has 0 aromatic rings. The van der Waals surface area contributed by atoms with E-state index in [2.05, 4.69) is 0 Å². The van der Waals surface area contributed by atoms with Gasteiger partial charge in [-0.15, -0.1) is 0 Å². The standard InChI is InChI=1S/C9H16N2O3/c1-3-11(4-2)9(14)6-7(12)5-8(10)13/h3-6H2,1-2H3,(H2,10,13). The van der Waals surface area contributed by atoms with Crippen molar-refractivity contribution in [3.63, 3.8) is 0 Å². The molecule has 5 nitrogen and oxygen atoms in total. The van der Waals surface area contributed by atoms with Crippen LogP contribution in [0.25, 0.3) is 0 Å². The van der Waals surface area contributed by atoms with Crippen LogP contribution in [-0.2, 0) is 14.4 Å². The predicted octanol–water partition coefficient (Wildman–Crippen LogP) is -0.311. The SMILES string of the molecule is CCN(CC)C(=O)CC(=O)CC(N)=O. The van der Waals surface area contributed by atoms with Gasteiger partial charge in [-0.3, -0.25) is 14.4 Å². The molecule has 0 saturated carbocycles. The fraction of sp³-hybridized carbons (Fsp3) is 0.667. The number of carbonyl (C=O) groups is 3. The Morgan fingerprint density at radius 2 is 1.57 bits per heavy atom. The number of rotatable bonds is 6. The first-order chi connectivity index (χ1) is 6.51. The minimum absolute atomic E-state index is 0.232. The van der Waals surface area contributed by atoms with Crippen LogP contribution in [-0.4, -0.2) is 35.6 Å². The molecule has 80 valence electrons. The highest BCUT2D eigenvalue weighted by Crippen LogP contribution is 1.97. The van der Waals surface area contributed by atoms with Gasteiger partial charge in [0.15, 0.2) is 5.78 Å². The molecule has 5 heteroatoms. The van der Waals surface area contributed by atoms with E-state index < -0.39 is 11.7 Å². The molecular weight excluding hydrogens is 184 g/mol. The number of carbonyl (C=O) groups excluding carboxylic acids is 3. The Labute approximate surface area is 83.2 Å². The van der Waals surface area contributed by atoms with Crippen LogP contribution in [0.4, 0.5) is 0 Å². The van der Waals surface area contributed by atoms with Crippen molar-refractivity contribution < 1.29 is 14.4 Å². The highest BCUT2D eigenvalue weighted by atomic mass is 16.2. The molecule has 0 heterocycles. The van der Waals surface area contributed by atoms with Crippen molar-refractivity contribution in [1.29, 1.82) is 0 Å². The number of primary amides is 1. The van der Waals surface area contributed by atoms with Gasteiger partial charge in [0.2, 0.25) is 11.8 Å². The maximum absolute atomic E-state index is 11.4. The molecule has 0 radical (unpaired) electrons. The van der Waals surface area contributed by atoms with Gasteiger partial charge in [0.05, 0.1) is 12.8 Å². The second-order valence-corrected chi connectivity index (χ2v) is 2.92. The first-order valence-corrected chi connectivity index (χ1v) is 4.59. The summed E-state index contributed by atoms with van der Waals surface area (Å²) in [5.41, 5.74) is 4.83. The zero-order valence-corrected chi connectivity index (χ0v) is 8.58. The van der Waals surface area contributed by atoms with E-state index in [9.17, 15) is 14.4 Å². The lowest BCUT2D eigenvalue weighted by atomic mass is 10.2. The molecule has 14 heavy (non-hydrogen) atoms. The Bertz CT molecular complexity index is 234. The van der Waals surface area contributed by atoms with E-state index >= 15 is 0 Å². The lowest BCUT2D eigenvalue weighted by Gasteiger charge is -2.17. The van der Waals surface area contributed by atoms with E-state index in [4.69, 9.17) is 5.73 Å². The normalized spacial score (nSPS) is 9.57. The average molecular weight is 200 g/mol. The summed E-state index contributed by atoms with van der Waals surface area (Å²) in [4.78, 5) is 34.3. The Balaban J connectivity index is 4.04. The van der Waals surface area contributed by atoms with E-state index in [0.717, 1.165) is 0 Å². The predicted molar refractivity (Wildman–Crippen MR) is 51.4 cm³/mol. The third-order valence-electron chi connectivity index (χ3n) is 1.84. The van der Waals surface area contributed by atoms with Crippen LogP contribution in [0.3, 0.4) is 0 Å². The number of amides is 2. The van der Waals surface area contributed by atoms with Gasteiger partial charge in [-0.2, -0.15) is 0 Å². The fourth-order valence-electron chi connectivity index (χ4n) is 1.11. The molecule has 0 aromatic carbocycles. The highest BCUT2D eigenvalue weighted by molar-refractivity contribution is 6.05. The molecule has 2 amide bonds. The number of hydrogen-bond acceptors (Lipinski definition) is 3. The van der Waals surface area contributed by atoms with E-state index in [1.165, 1.54) is 0 Å². The monoisotopic (exact) mass is 200 g/mol. The van der Waals surface area contributed by atoms with Gasteiger partial charge in [-0.1, -0.05) is 0 Å². The van der Waals surface area contributed by atoms with Crippen molar-refractivity contribution in [3.05, 3.63) is 0 Å². The van der Waals surface area contributed by atoms with E-state index in [1.54, 1.807) is 4.90 Å². The maximum Gasteiger partial charge on any atom is 0.230 e. The molecule has 0 bridgehead atoms. The third-order valence-corrected chi connectivity index (χ3v) is 1.84. The van der Waals surface area contributed by atoms with Gasteiger partial charge in [0.25, 0.3) is 0 Å². The number of Topliss-reactive ketones (excluding diaryl/α,β-unsaturated/α-hetero) is 1. The lowest BCUT2D eigenvalue weighted by molar-refractivity contribution is -0.135. The quantitative estimate of drug-likeness (QED) is 0.597. The molecular formula is C9H16N2O3. The second kappa shape index (κ2) is 6.12. The maximum atomic E-state index is 11.4. The smallest absolute Gasteiger partial charge is 0.230 e. The van der Waals surface area contributed by atoms with Crippen molar-refractivity contribution in [2.24, 2.45) is 5.73 Å². The van der Waals surface area contributed by atoms with E-state index in [1.807, 2.05) is 13.8 Å². The molecule has 0 aliphatic carbocycles. The van der Waals surface area contributed by atoms with Crippen LogP contribution in [0.1, 0.15) is 26.7 Å². The Hall–Kier alpha value is -1.39. The molecule has 0 rings (SSSR count). The average Bonchev–Trinajstić information content (AvgIpc) is 2.04. The van der Waals surface area contributed by atoms with Crippen molar-refractivity contribution in [3.8, 4) is 0 Å². The molecule has 0 fully saturated rings. The second-order valence-electron chi connectivity index (χ2n) is 2.92. The van der Waals surface area contributed by atoms with Gasteiger partial charge < -0.3 is 10.6 Å². The van der Waals surface area contributed by atoms with Crippen LogP contribution in [0.2, 0.25) is 0 Å². The molecule has 0 aromatic heterocycles. The Kier molecular flexibility index (Phi) is 5.52. The first kappa shape index (κ1) is 12.6. The largest absolute Gasteiger partial charge is 0.369 e. The van der Waals surface area contributed by atoms with Gasteiger partial charge in [-0.25, -0.2) is 0 Å². The number of nitrogens with two attached hydrogens (primary N) is 1. The Morgan fingerprint density at radius 3 is 1.93 bits per heavy atom. The number of nitrogens with zero attached hydrogens (tertiary/aromatic N) is 1. The molecule has 0 spiro atoms. The molecule has 0 unspecified atom stereocenters. The van der Waals surface area contributed by atoms with Gasteiger partial charge >= 0.3 is 0 Å². The molecule has 0 aliphatic heterocycles. The zero-order chi connectivity index (χ0) is 11.1. The van der Waals surface area contributed by atoms with Crippen LogP contribution in [0, 0.1) is 0 Å². The van der Waals surface area contributed by atoms with Crippen LogP contribution in [0.5, 0.6) is 0 Å². The van der Waals surface area contributed by atoms with Crippen molar-refractivity contribution in [2.45, 2.75) is 26.7 Å². The summed E-state index contributed by atoms with van der Waals surface area (Å²) in [6.07, 6.45) is -0.586. The van der Waals surface area contributed by atoms with Crippen molar-refractivity contribution in [2.75, 3.05) is 13.1 Å². The van der Waals surface area contributed by atoms with Gasteiger partial charge in [-0.05, 0) is 13.8 Å². The Morgan fingerprint density at radius 1 is 1.07 bits per heavy atom. The molecule has 2 N–H and O–H groups in total. The van der Waals surface area contributed by atoms with Crippen LogP contribution < -0.4 is 5.73 Å². The summed E-state index contributed by atoms with van der Waals surface area (Å²) < 4.78 is 0. The van der Waals surface area contributed by atoms with Gasteiger partial charge in [0.1, 0.15) is 0 Å². The molecule has 0 saturated heterocycles. The van der Waals surface area contributed by atoms with Crippen LogP contribution >= 0.6 is 0 Å². The van der Waals surface area contributed by atoms with Crippen molar-refractivity contribution in [1.82, 2.24) is 4.90 Å². The minimum Gasteiger partial charge on any atom is -0.369 e. The summed E-state index contributed by atoms with van der Waals surface area (Å²) in [7, 11) is 0. The highest BCUT2D eigenvalue weighted by Gasteiger charge is 2.15. The molecule has 0 atom stereocenters. The number of ketones is 1. The third kappa shape index (κ3) is 4.59. The van der Waals surface area contributed by atoms with E-state index in [-0.39, 0.29) is 18.7 Å². The summed E-state index contributed by atoms with van der Waals surface area (Å²) >= 11 is 0. The molecule has 0 aliphatic rings. The van der Waals surface area contributed by atoms with E-state index in [0.29, 0.717) is 13.1 Å². The number of hydrogen-bond donors (Lipinski definition) is 1. The van der Waals surface area contributed by atoms with Gasteiger partial charge in [0, 0.05) is 13.1 Å². The zero-order valence-electron chi connectivity index (χ0n) is 8.58.